The number of amides is 2. The van der Waals surface area contributed by atoms with Crippen molar-refractivity contribution in [2.45, 2.75) is 64.6 Å². The zero-order valence-corrected chi connectivity index (χ0v) is 29.6. The predicted octanol–water partition coefficient (Wildman–Crippen LogP) is 7.79. The fourth-order valence-electron chi connectivity index (χ4n) is 5.51. The number of ether oxygens (including phenoxy) is 4. The SMILES string of the molecule is CC1(C)OCc2cc([C@@H](O)CNCCCCCCOCCOCc3cccc(NC(=O)Nc4cccc(C#Cc5ccccc5)c4)c3)ccc2O1. The fraction of sp³-hybridized carbons (Fsp3) is 0.357. The Balaban J connectivity index is 0.875. The average molecular weight is 692 g/mol. The second kappa shape index (κ2) is 19.6. The van der Waals surface area contributed by atoms with E-state index in [1.807, 2.05) is 111 Å². The molecular formula is C42H49N3O6. The van der Waals surface area contributed by atoms with Crippen molar-refractivity contribution in [3.8, 4) is 17.6 Å². The van der Waals surface area contributed by atoms with Crippen molar-refractivity contribution in [3.05, 3.63) is 125 Å². The van der Waals surface area contributed by atoms with Crippen LogP contribution in [-0.2, 0) is 27.4 Å². The number of hydrogen-bond donors (Lipinski definition) is 4. The lowest BCUT2D eigenvalue weighted by Crippen LogP contribution is -2.35. The van der Waals surface area contributed by atoms with Crippen molar-refractivity contribution in [1.29, 1.82) is 0 Å². The van der Waals surface area contributed by atoms with Gasteiger partial charge in [0.15, 0.2) is 0 Å². The summed E-state index contributed by atoms with van der Waals surface area (Å²) in [7, 11) is 0. The Morgan fingerprint density at radius 3 is 2.37 bits per heavy atom. The van der Waals surface area contributed by atoms with Gasteiger partial charge in [-0.05, 0) is 85.1 Å². The monoisotopic (exact) mass is 691 g/mol. The maximum Gasteiger partial charge on any atom is 0.323 e. The molecule has 4 aromatic carbocycles. The summed E-state index contributed by atoms with van der Waals surface area (Å²) < 4.78 is 23.1. The summed E-state index contributed by atoms with van der Waals surface area (Å²) in [6.45, 7) is 7.80. The predicted molar refractivity (Wildman–Crippen MR) is 201 cm³/mol. The summed E-state index contributed by atoms with van der Waals surface area (Å²) in [4.78, 5) is 12.7. The smallest absolute Gasteiger partial charge is 0.323 e. The van der Waals surface area contributed by atoms with Gasteiger partial charge in [-0.15, -0.1) is 0 Å². The van der Waals surface area contributed by atoms with E-state index in [1.54, 1.807) is 0 Å². The van der Waals surface area contributed by atoms with Crippen LogP contribution in [-0.4, -0.2) is 49.8 Å². The Hall–Kier alpha value is -4.69. The molecule has 0 unspecified atom stereocenters. The molecule has 1 heterocycles. The Morgan fingerprint density at radius 2 is 1.53 bits per heavy atom. The van der Waals surface area contributed by atoms with Crippen LogP contribution >= 0.6 is 0 Å². The molecule has 0 aliphatic carbocycles. The molecule has 4 N–H and O–H groups in total. The highest BCUT2D eigenvalue weighted by Crippen LogP contribution is 2.32. The molecule has 9 heteroatoms. The van der Waals surface area contributed by atoms with Gasteiger partial charge in [-0.3, -0.25) is 0 Å². The molecule has 5 rings (SSSR count). The molecule has 0 bridgehead atoms. The first-order valence-corrected chi connectivity index (χ1v) is 17.7. The quantitative estimate of drug-likeness (QED) is 0.0661. The summed E-state index contributed by atoms with van der Waals surface area (Å²) >= 11 is 0. The minimum atomic E-state index is -0.623. The van der Waals surface area contributed by atoms with Crippen LogP contribution < -0.4 is 20.7 Å². The van der Waals surface area contributed by atoms with Gasteiger partial charge in [-0.2, -0.15) is 0 Å². The number of aliphatic hydroxyl groups excluding tert-OH is 1. The van der Waals surface area contributed by atoms with Crippen LogP contribution in [0.25, 0.3) is 0 Å². The van der Waals surface area contributed by atoms with Gasteiger partial charge in [0.25, 0.3) is 0 Å². The van der Waals surface area contributed by atoms with Crippen molar-refractivity contribution in [3.63, 3.8) is 0 Å². The highest BCUT2D eigenvalue weighted by molar-refractivity contribution is 5.99. The van der Waals surface area contributed by atoms with Crippen LogP contribution in [0.4, 0.5) is 16.2 Å². The number of nitrogens with one attached hydrogen (secondary N) is 3. The lowest BCUT2D eigenvalue weighted by Gasteiger charge is -2.33. The molecule has 0 saturated heterocycles. The standard InChI is InChI=1S/C42H49N3O6/c1-42(2)50-31-36-28-35(20-21-40(36)51-42)39(46)29-43-22-8-3-4-9-23-48-24-25-49-30-34-15-11-17-38(27-34)45-41(47)44-37-16-10-14-33(26-37)19-18-32-12-6-5-7-13-32/h5-7,10-17,20-21,26-28,39,43,46H,3-4,8-9,22-25,29-31H2,1-2H3,(H2,44,45,47)/t39-/m0/s1. The van der Waals surface area contributed by atoms with Gasteiger partial charge in [-0.1, -0.05) is 67.1 Å². The highest BCUT2D eigenvalue weighted by Gasteiger charge is 2.27. The van der Waals surface area contributed by atoms with E-state index in [-0.39, 0.29) is 6.03 Å². The Morgan fingerprint density at radius 1 is 0.804 bits per heavy atom. The normalized spacial score (nSPS) is 13.6. The molecule has 1 atom stereocenters. The molecule has 1 aliphatic heterocycles. The molecule has 1 aliphatic rings. The summed E-state index contributed by atoms with van der Waals surface area (Å²) in [6.07, 6.45) is 3.66. The van der Waals surface area contributed by atoms with Crippen LogP contribution in [0.15, 0.2) is 97.1 Å². The number of rotatable bonds is 17. The number of unbranched alkanes of at least 4 members (excludes halogenated alkanes) is 3. The summed E-state index contributed by atoms with van der Waals surface area (Å²) in [5.41, 5.74) is 5.88. The number of fused-ring (bicyclic) bond motifs is 1. The zero-order chi connectivity index (χ0) is 35.7. The zero-order valence-electron chi connectivity index (χ0n) is 29.6. The minimum absolute atomic E-state index is 0.331. The first-order chi connectivity index (χ1) is 24.8. The van der Waals surface area contributed by atoms with Crippen LogP contribution in [0.3, 0.4) is 0 Å². The molecule has 2 amide bonds. The molecule has 4 aromatic rings. The third-order valence-electron chi connectivity index (χ3n) is 8.20. The molecule has 9 nitrogen and oxygen atoms in total. The molecule has 51 heavy (non-hydrogen) atoms. The third kappa shape index (κ3) is 13.2. The number of anilines is 2. The summed E-state index contributed by atoms with van der Waals surface area (Å²) in [5.74, 6) is 6.46. The molecule has 268 valence electrons. The number of hydrogen-bond acceptors (Lipinski definition) is 7. The third-order valence-corrected chi connectivity index (χ3v) is 8.20. The molecule has 0 saturated carbocycles. The van der Waals surface area contributed by atoms with Gasteiger partial charge in [0.2, 0.25) is 5.79 Å². The van der Waals surface area contributed by atoms with E-state index >= 15 is 0 Å². The van der Waals surface area contributed by atoms with Crippen LogP contribution in [0.2, 0.25) is 0 Å². The van der Waals surface area contributed by atoms with E-state index < -0.39 is 11.9 Å². The summed E-state index contributed by atoms with van der Waals surface area (Å²) in [5, 5.41) is 19.7. The maximum atomic E-state index is 12.7. The van der Waals surface area contributed by atoms with Crippen LogP contribution in [0.1, 0.15) is 73.5 Å². The number of aliphatic hydroxyl groups is 1. The van der Waals surface area contributed by atoms with Crippen molar-refractivity contribution in [1.82, 2.24) is 5.32 Å². The molecule has 0 fully saturated rings. The van der Waals surface area contributed by atoms with Crippen molar-refractivity contribution in [2.75, 3.05) is 43.5 Å². The summed E-state index contributed by atoms with van der Waals surface area (Å²) in [6, 6.07) is 30.3. The fourth-order valence-corrected chi connectivity index (χ4v) is 5.51. The average Bonchev–Trinajstić information content (AvgIpc) is 3.12. The molecular weight excluding hydrogens is 642 g/mol. The number of carbonyl (C=O) groups excluding carboxylic acids is 1. The van der Waals surface area contributed by atoms with Crippen molar-refractivity contribution in [2.24, 2.45) is 0 Å². The first kappa shape index (κ1) is 37.6. The van der Waals surface area contributed by atoms with Crippen molar-refractivity contribution < 1.29 is 28.8 Å². The van der Waals surface area contributed by atoms with Gasteiger partial charge in [0.05, 0.1) is 32.5 Å². The van der Waals surface area contributed by atoms with E-state index in [2.05, 4.69) is 27.8 Å². The molecule has 0 spiro atoms. The van der Waals surface area contributed by atoms with E-state index in [0.29, 0.717) is 51.0 Å². The van der Waals surface area contributed by atoms with E-state index in [4.69, 9.17) is 18.9 Å². The lowest BCUT2D eigenvalue weighted by molar-refractivity contribution is -0.180. The van der Waals surface area contributed by atoms with Crippen LogP contribution in [0, 0.1) is 11.8 Å². The van der Waals surface area contributed by atoms with Crippen LogP contribution in [0.5, 0.6) is 5.75 Å². The van der Waals surface area contributed by atoms with Crippen molar-refractivity contribution >= 4 is 17.4 Å². The number of benzene rings is 4. The molecule has 0 aromatic heterocycles. The second-order valence-electron chi connectivity index (χ2n) is 12.9. The Labute approximate surface area is 301 Å². The van der Waals surface area contributed by atoms with E-state index in [1.165, 1.54) is 0 Å². The van der Waals surface area contributed by atoms with Gasteiger partial charge in [0.1, 0.15) is 5.75 Å². The largest absolute Gasteiger partial charge is 0.463 e. The van der Waals surface area contributed by atoms with E-state index in [0.717, 1.165) is 65.8 Å². The first-order valence-electron chi connectivity index (χ1n) is 17.7. The second-order valence-corrected chi connectivity index (χ2v) is 12.9. The van der Waals surface area contributed by atoms with Gasteiger partial charge in [-0.25, -0.2) is 4.79 Å². The van der Waals surface area contributed by atoms with Gasteiger partial charge < -0.3 is 40.0 Å². The maximum absolute atomic E-state index is 12.7. The lowest BCUT2D eigenvalue weighted by atomic mass is 10.0. The number of urea groups is 1. The Bertz CT molecular complexity index is 1750. The van der Waals surface area contributed by atoms with Gasteiger partial charge in [0, 0.05) is 55.1 Å². The van der Waals surface area contributed by atoms with E-state index in [9.17, 15) is 9.90 Å². The topological polar surface area (TPSA) is 110 Å². The molecule has 0 radical (unpaired) electrons. The number of carbonyl (C=O) groups is 1. The highest BCUT2D eigenvalue weighted by atomic mass is 16.7. The van der Waals surface area contributed by atoms with Gasteiger partial charge >= 0.3 is 6.03 Å². The Kier molecular flexibility index (Phi) is 14.5. The minimum Gasteiger partial charge on any atom is -0.463 e.